The fourth-order valence-corrected chi connectivity index (χ4v) is 3.11. The second-order valence-corrected chi connectivity index (χ2v) is 6.62. The van der Waals surface area contributed by atoms with Crippen LogP contribution in [0.1, 0.15) is 12.0 Å². The number of hydrogen-bond acceptors (Lipinski definition) is 3. The van der Waals surface area contributed by atoms with Crippen molar-refractivity contribution in [3.8, 4) is 5.75 Å². The summed E-state index contributed by atoms with van der Waals surface area (Å²) >= 11 is 5.84. The van der Waals surface area contributed by atoms with Gasteiger partial charge in [-0.05, 0) is 36.8 Å². The van der Waals surface area contributed by atoms with Gasteiger partial charge >= 0.3 is 6.36 Å². The van der Waals surface area contributed by atoms with E-state index in [0.29, 0.717) is 23.7 Å². The number of carbonyl (C=O) groups is 2. The summed E-state index contributed by atoms with van der Waals surface area (Å²) in [5.41, 5.74) is 0.793. The number of amides is 2. The van der Waals surface area contributed by atoms with Gasteiger partial charge in [0, 0.05) is 29.4 Å². The Morgan fingerprint density at radius 2 is 1.86 bits per heavy atom. The first-order valence-electron chi connectivity index (χ1n) is 8.43. The molecular weight excluding hydrogens is 397 g/mol. The van der Waals surface area contributed by atoms with Crippen molar-refractivity contribution in [2.45, 2.75) is 19.3 Å². The van der Waals surface area contributed by atoms with Gasteiger partial charge in [-0.15, -0.1) is 13.2 Å². The minimum atomic E-state index is -4.83. The van der Waals surface area contributed by atoms with Crippen LogP contribution in [0, 0.1) is 5.92 Å². The highest BCUT2D eigenvalue weighted by Gasteiger charge is 2.37. The molecule has 1 atom stereocenters. The molecule has 2 aromatic carbocycles. The van der Waals surface area contributed by atoms with E-state index in [1.807, 2.05) is 0 Å². The van der Waals surface area contributed by atoms with Crippen LogP contribution in [0.2, 0.25) is 5.02 Å². The van der Waals surface area contributed by atoms with Crippen LogP contribution in [-0.4, -0.2) is 24.7 Å². The summed E-state index contributed by atoms with van der Waals surface area (Å²) in [4.78, 5) is 26.5. The van der Waals surface area contributed by atoms with Gasteiger partial charge in [-0.25, -0.2) is 0 Å². The lowest BCUT2D eigenvalue weighted by atomic mass is 10.1. The molecule has 0 aliphatic carbocycles. The molecule has 1 heterocycles. The molecule has 0 saturated carbocycles. The first-order valence-corrected chi connectivity index (χ1v) is 8.81. The number of alkyl halides is 3. The van der Waals surface area contributed by atoms with Crippen molar-refractivity contribution in [1.29, 1.82) is 0 Å². The van der Waals surface area contributed by atoms with Crippen LogP contribution < -0.4 is 15.0 Å². The average molecular weight is 413 g/mol. The van der Waals surface area contributed by atoms with Crippen LogP contribution in [0.15, 0.2) is 48.5 Å². The number of hydrogen-bond donors (Lipinski definition) is 1. The Morgan fingerprint density at radius 3 is 2.54 bits per heavy atom. The van der Waals surface area contributed by atoms with Crippen molar-refractivity contribution in [2.24, 2.45) is 5.92 Å². The lowest BCUT2D eigenvalue weighted by Crippen LogP contribution is -2.36. The highest BCUT2D eigenvalue weighted by atomic mass is 35.5. The molecule has 148 valence electrons. The number of ether oxygens (including phenoxy) is 1. The molecular formula is C19H16ClF3N2O3. The molecule has 0 aromatic heterocycles. The van der Waals surface area contributed by atoms with E-state index in [2.05, 4.69) is 10.1 Å². The smallest absolute Gasteiger partial charge is 0.405 e. The highest BCUT2D eigenvalue weighted by molar-refractivity contribution is 6.30. The van der Waals surface area contributed by atoms with E-state index in [0.717, 1.165) is 6.07 Å². The first-order chi connectivity index (χ1) is 13.2. The van der Waals surface area contributed by atoms with Crippen LogP contribution in [0.4, 0.5) is 18.9 Å². The van der Waals surface area contributed by atoms with Crippen molar-refractivity contribution < 1.29 is 27.5 Å². The summed E-state index contributed by atoms with van der Waals surface area (Å²) in [6.07, 6.45) is -4.52. The Balaban J connectivity index is 1.63. The molecule has 2 amide bonds. The topological polar surface area (TPSA) is 58.6 Å². The molecule has 28 heavy (non-hydrogen) atoms. The maximum atomic E-state index is 12.6. The van der Waals surface area contributed by atoms with Crippen LogP contribution in [-0.2, 0) is 16.1 Å². The maximum absolute atomic E-state index is 12.6. The van der Waals surface area contributed by atoms with Crippen molar-refractivity contribution in [2.75, 3.05) is 11.4 Å². The molecule has 0 radical (unpaired) electrons. The number of para-hydroxylation sites is 1. The summed E-state index contributed by atoms with van der Waals surface area (Å²) < 4.78 is 41.4. The Morgan fingerprint density at radius 1 is 1.18 bits per heavy atom. The van der Waals surface area contributed by atoms with E-state index in [4.69, 9.17) is 11.6 Å². The molecule has 0 bridgehead atoms. The van der Waals surface area contributed by atoms with Gasteiger partial charge < -0.3 is 15.0 Å². The van der Waals surface area contributed by atoms with Gasteiger partial charge in [0.05, 0.1) is 0 Å². The van der Waals surface area contributed by atoms with Gasteiger partial charge in [0.1, 0.15) is 11.7 Å². The minimum Gasteiger partial charge on any atom is -0.405 e. The van der Waals surface area contributed by atoms with Gasteiger partial charge in [0.25, 0.3) is 0 Å². The third kappa shape index (κ3) is 4.75. The van der Waals surface area contributed by atoms with Gasteiger partial charge in [-0.3, -0.25) is 9.59 Å². The average Bonchev–Trinajstić information content (AvgIpc) is 3.02. The Kier molecular flexibility index (Phi) is 5.79. The summed E-state index contributed by atoms with van der Waals surface area (Å²) in [5, 5.41) is 3.06. The Labute approximate surface area is 164 Å². The number of halogens is 4. The number of rotatable bonds is 5. The number of benzene rings is 2. The SMILES string of the molecule is O=C(NCc1ccccc1OC(F)(F)F)C1CCN(c2ccc(Cl)cc2)C1=O. The number of nitrogens with one attached hydrogen (secondary N) is 1. The third-order valence-corrected chi connectivity index (χ3v) is 4.56. The summed E-state index contributed by atoms with van der Waals surface area (Å²) in [6, 6.07) is 12.2. The molecule has 1 saturated heterocycles. The summed E-state index contributed by atoms with van der Waals surface area (Å²) in [7, 11) is 0. The lowest BCUT2D eigenvalue weighted by molar-refractivity contribution is -0.274. The van der Waals surface area contributed by atoms with E-state index < -0.39 is 23.9 Å². The quantitative estimate of drug-likeness (QED) is 0.757. The predicted octanol–water partition coefficient (Wildman–Crippen LogP) is 3.91. The molecule has 1 fully saturated rings. The first kappa shape index (κ1) is 20.0. The number of anilines is 1. The van der Waals surface area contributed by atoms with Gasteiger partial charge in [0.2, 0.25) is 11.8 Å². The molecule has 1 aliphatic heterocycles. The van der Waals surface area contributed by atoms with Gasteiger partial charge in [-0.1, -0.05) is 29.8 Å². The standard InChI is InChI=1S/C19H16ClF3N2O3/c20-13-5-7-14(8-6-13)25-10-9-15(18(25)27)17(26)24-11-12-3-1-2-4-16(12)28-19(21,22)23/h1-8,15H,9-11H2,(H,24,26). The van der Waals surface area contributed by atoms with Crippen molar-refractivity contribution in [3.63, 3.8) is 0 Å². The fourth-order valence-electron chi connectivity index (χ4n) is 2.98. The third-order valence-electron chi connectivity index (χ3n) is 4.31. The number of carbonyl (C=O) groups excluding carboxylic acids is 2. The zero-order chi connectivity index (χ0) is 20.3. The molecule has 1 aliphatic rings. The lowest BCUT2D eigenvalue weighted by Gasteiger charge is -2.17. The van der Waals surface area contributed by atoms with E-state index in [1.165, 1.54) is 23.1 Å². The number of nitrogens with zero attached hydrogens (tertiary/aromatic N) is 1. The zero-order valence-corrected chi connectivity index (χ0v) is 15.3. The van der Waals surface area contributed by atoms with Crippen LogP contribution >= 0.6 is 11.6 Å². The highest BCUT2D eigenvalue weighted by Crippen LogP contribution is 2.28. The van der Waals surface area contributed by atoms with Crippen LogP contribution in [0.25, 0.3) is 0 Å². The van der Waals surface area contributed by atoms with E-state index >= 15 is 0 Å². The molecule has 9 heteroatoms. The molecule has 1 N–H and O–H groups in total. The predicted molar refractivity (Wildman–Crippen MR) is 96.9 cm³/mol. The maximum Gasteiger partial charge on any atom is 0.573 e. The second kappa shape index (κ2) is 8.10. The van der Waals surface area contributed by atoms with Gasteiger partial charge in [-0.2, -0.15) is 0 Å². The normalized spacial score (nSPS) is 16.9. The largest absolute Gasteiger partial charge is 0.573 e. The van der Waals surface area contributed by atoms with E-state index in [1.54, 1.807) is 24.3 Å². The summed E-state index contributed by atoms with van der Waals surface area (Å²) in [5.74, 6) is -2.19. The molecule has 3 rings (SSSR count). The Bertz CT molecular complexity index is 871. The molecule has 2 aromatic rings. The molecule has 1 unspecified atom stereocenters. The fraction of sp³-hybridized carbons (Fsp3) is 0.263. The van der Waals surface area contributed by atoms with Crippen molar-refractivity contribution in [1.82, 2.24) is 5.32 Å². The van der Waals surface area contributed by atoms with Crippen LogP contribution in [0.3, 0.4) is 0 Å². The monoisotopic (exact) mass is 412 g/mol. The van der Waals surface area contributed by atoms with E-state index in [9.17, 15) is 22.8 Å². The molecule has 5 nitrogen and oxygen atoms in total. The van der Waals surface area contributed by atoms with Crippen molar-refractivity contribution in [3.05, 3.63) is 59.1 Å². The molecule has 0 spiro atoms. The van der Waals surface area contributed by atoms with E-state index in [-0.39, 0.29) is 18.0 Å². The Hall–Kier alpha value is -2.74. The van der Waals surface area contributed by atoms with Crippen LogP contribution in [0.5, 0.6) is 5.75 Å². The van der Waals surface area contributed by atoms with Crippen molar-refractivity contribution >= 4 is 29.1 Å². The van der Waals surface area contributed by atoms with Gasteiger partial charge in [0.15, 0.2) is 0 Å². The minimum absolute atomic E-state index is 0.160. The summed E-state index contributed by atoms with van der Waals surface area (Å²) in [6.45, 7) is 0.183. The second-order valence-electron chi connectivity index (χ2n) is 6.18. The zero-order valence-electron chi connectivity index (χ0n) is 14.5.